The third kappa shape index (κ3) is 5.52. The van der Waals surface area contributed by atoms with Gasteiger partial charge in [0.1, 0.15) is 17.5 Å². The van der Waals surface area contributed by atoms with Gasteiger partial charge in [0.25, 0.3) is 0 Å². The summed E-state index contributed by atoms with van der Waals surface area (Å²) in [6, 6.07) is 9.31. The standard InChI is InChI=1S/C20H20ClN5O2S/c1-3-23-10-14(9-22)16-8-18(26-19(24-16)20-25-17(21)12-29-20)28-11-13-4-6-15(27-2)7-5-13/h4-10,12,22-23H,3,11H2,1-2H3/b14-10+,22-9?. The molecule has 9 heteroatoms. The van der Waals surface area contributed by atoms with Crippen molar-refractivity contribution in [2.45, 2.75) is 13.5 Å². The van der Waals surface area contributed by atoms with Gasteiger partial charge >= 0.3 is 0 Å². The third-order valence-corrected chi connectivity index (χ3v) is 4.99. The first-order valence-corrected chi connectivity index (χ1v) is 10.1. The van der Waals surface area contributed by atoms with Crippen LogP contribution in [-0.2, 0) is 6.61 Å². The predicted molar refractivity (Wildman–Crippen MR) is 116 cm³/mol. The van der Waals surface area contributed by atoms with E-state index >= 15 is 0 Å². The lowest BCUT2D eigenvalue weighted by atomic mass is 10.2. The van der Waals surface area contributed by atoms with Gasteiger partial charge in [-0.1, -0.05) is 23.7 Å². The van der Waals surface area contributed by atoms with Crippen LogP contribution in [0.2, 0.25) is 5.15 Å². The number of thiazole rings is 1. The van der Waals surface area contributed by atoms with Gasteiger partial charge in [0.2, 0.25) is 5.88 Å². The summed E-state index contributed by atoms with van der Waals surface area (Å²) in [6.45, 7) is 3.04. The lowest BCUT2D eigenvalue weighted by Gasteiger charge is -2.10. The summed E-state index contributed by atoms with van der Waals surface area (Å²) in [7, 11) is 1.63. The Kier molecular flexibility index (Phi) is 7.15. The molecule has 2 N–H and O–H groups in total. The van der Waals surface area contributed by atoms with Crippen molar-refractivity contribution >= 4 is 34.7 Å². The second-order valence-electron chi connectivity index (χ2n) is 5.83. The molecule has 2 aromatic heterocycles. The molecule has 0 aliphatic carbocycles. The molecule has 150 valence electrons. The summed E-state index contributed by atoms with van der Waals surface area (Å²) in [6.07, 6.45) is 2.97. The quantitative estimate of drug-likeness (QED) is 0.488. The smallest absolute Gasteiger partial charge is 0.217 e. The van der Waals surface area contributed by atoms with E-state index in [0.29, 0.717) is 39.7 Å². The van der Waals surface area contributed by atoms with Crippen molar-refractivity contribution in [1.29, 1.82) is 5.41 Å². The molecule has 3 aromatic rings. The fraction of sp³-hybridized carbons (Fsp3) is 0.200. The molecule has 3 rings (SSSR count). The zero-order chi connectivity index (χ0) is 20.6. The monoisotopic (exact) mass is 429 g/mol. The summed E-state index contributed by atoms with van der Waals surface area (Å²) < 4.78 is 11.1. The molecule has 0 spiro atoms. The molecule has 0 aliphatic rings. The van der Waals surface area contributed by atoms with Crippen LogP contribution in [0.1, 0.15) is 18.2 Å². The first-order valence-electron chi connectivity index (χ1n) is 8.83. The van der Waals surface area contributed by atoms with E-state index in [9.17, 15) is 0 Å². The third-order valence-electron chi connectivity index (χ3n) is 3.83. The first kappa shape index (κ1) is 20.8. The zero-order valence-corrected chi connectivity index (χ0v) is 17.5. The van der Waals surface area contributed by atoms with Gasteiger partial charge < -0.3 is 20.2 Å². The number of nitrogens with one attached hydrogen (secondary N) is 2. The number of aromatic nitrogens is 3. The van der Waals surface area contributed by atoms with E-state index in [1.165, 1.54) is 17.6 Å². The highest BCUT2D eigenvalue weighted by Crippen LogP contribution is 2.27. The molecule has 2 heterocycles. The Morgan fingerprint density at radius 1 is 1.24 bits per heavy atom. The van der Waals surface area contributed by atoms with E-state index < -0.39 is 0 Å². The van der Waals surface area contributed by atoms with E-state index in [2.05, 4.69) is 20.3 Å². The largest absolute Gasteiger partial charge is 0.497 e. The molecule has 0 aliphatic heterocycles. The minimum absolute atomic E-state index is 0.329. The number of ether oxygens (including phenoxy) is 2. The molecule has 0 fully saturated rings. The molecule has 1 aromatic carbocycles. The van der Waals surface area contributed by atoms with Gasteiger partial charge in [-0.25, -0.2) is 9.97 Å². The minimum Gasteiger partial charge on any atom is -0.497 e. The van der Waals surface area contributed by atoms with Crippen molar-refractivity contribution < 1.29 is 9.47 Å². The second-order valence-corrected chi connectivity index (χ2v) is 7.07. The molecule has 7 nitrogen and oxygen atoms in total. The van der Waals surface area contributed by atoms with Crippen molar-refractivity contribution in [3.63, 3.8) is 0 Å². The van der Waals surface area contributed by atoms with Gasteiger partial charge in [0.15, 0.2) is 10.8 Å². The van der Waals surface area contributed by atoms with Crippen molar-refractivity contribution in [1.82, 2.24) is 20.3 Å². The molecule has 0 unspecified atom stereocenters. The van der Waals surface area contributed by atoms with Crippen LogP contribution in [0.15, 0.2) is 41.9 Å². The lowest BCUT2D eigenvalue weighted by molar-refractivity contribution is 0.293. The molecule has 0 saturated carbocycles. The normalized spacial score (nSPS) is 11.2. The van der Waals surface area contributed by atoms with Gasteiger partial charge in [0, 0.05) is 36.0 Å². The van der Waals surface area contributed by atoms with Crippen LogP contribution in [0.25, 0.3) is 16.4 Å². The molecule has 0 amide bonds. The molecular formula is C20H20ClN5O2S. The predicted octanol–water partition coefficient (Wildman–Crippen LogP) is 4.44. The van der Waals surface area contributed by atoms with E-state index in [-0.39, 0.29) is 0 Å². The zero-order valence-electron chi connectivity index (χ0n) is 16.0. The minimum atomic E-state index is 0.329. The number of allylic oxidation sites excluding steroid dienone is 1. The van der Waals surface area contributed by atoms with Gasteiger partial charge in [-0.15, -0.1) is 11.3 Å². The average molecular weight is 430 g/mol. The average Bonchev–Trinajstić information content (AvgIpc) is 3.19. The Morgan fingerprint density at radius 2 is 2.03 bits per heavy atom. The van der Waals surface area contributed by atoms with Crippen LogP contribution in [0.4, 0.5) is 0 Å². The number of rotatable bonds is 9. The topological polar surface area (TPSA) is 93.0 Å². The van der Waals surface area contributed by atoms with E-state index in [4.69, 9.17) is 26.5 Å². The fourth-order valence-corrected chi connectivity index (χ4v) is 3.26. The molecule has 0 atom stereocenters. The van der Waals surface area contributed by atoms with Gasteiger partial charge in [0.05, 0.1) is 12.8 Å². The summed E-state index contributed by atoms with van der Waals surface area (Å²) >= 11 is 7.30. The SMILES string of the molecule is CCN/C=C(\C=N)c1cc(OCc2ccc(OC)cc2)nc(-c2nc(Cl)cs2)n1. The number of hydrogen-bond donors (Lipinski definition) is 2. The Labute approximate surface area is 177 Å². The van der Waals surface area contributed by atoms with Crippen molar-refractivity contribution in [2.75, 3.05) is 13.7 Å². The molecular weight excluding hydrogens is 410 g/mol. The highest BCUT2D eigenvalue weighted by atomic mass is 35.5. The second kappa shape index (κ2) is 9.99. The van der Waals surface area contributed by atoms with E-state index in [1.54, 1.807) is 24.8 Å². The molecule has 0 bridgehead atoms. The van der Waals surface area contributed by atoms with Crippen molar-refractivity contribution in [3.05, 3.63) is 58.3 Å². The van der Waals surface area contributed by atoms with Crippen LogP contribution < -0.4 is 14.8 Å². The number of benzene rings is 1. The van der Waals surface area contributed by atoms with Crippen molar-refractivity contribution in [3.8, 4) is 22.5 Å². The molecule has 0 saturated heterocycles. The van der Waals surface area contributed by atoms with Gasteiger partial charge in [-0.3, -0.25) is 0 Å². The Hall–Kier alpha value is -2.97. The van der Waals surface area contributed by atoms with Crippen LogP contribution in [-0.4, -0.2) is 34.8 Å². The van der Waals surface area contributed by atoms with Crippen LogP contribution in [0.3, 0.4) is 0 Å². The first-order chi connectivity index (χ1) is 14.1. The number of methoxy groups -OCH3 is 1. The fourth-order valence-electron chi connectivity index (χ4n) is 2.38. The van der Waals surface area contributed by atoms with E-state index in [0.717, 1.165) is 17.9 Å². The number of halogens is 1. The summed E-state index contributed by atoms with van der Waals surface area (Å²) in [5, 5.41) is 13.5. The van der Waals surface area contributed by atoms with Gasteiger partial charge in [-0.05, 0) is 24.6 Å². The Balaban J connectivity index is 1.91. The number of nitrogens with zero attached hydrogens (tertiary/aromatic N) is 3. The maximum Gasteiger partial charge on any atom is 0.217 e. The molecule has 0 radical (unpaired) electrons. The highest BCUT2D eigenvalue weighted by molar-refractivity contribution is 7.13. The number of hydrogen-bond acceptors (Lipinski definition) is 8. The maximum atomic E-state index is 7.72. The summed E-state index contributed by atoms with van der Waals surface area (Å²) in [5.74, 6) is 1.56. The van der Waals surface area contributed by atoms with Crippen LogP contribution >= 0.6 is 22.9 Å². The maximum absolute atomic E-state index is 7.72. The lowest BCUT2D eigenvalue weighted by Crippen LogP contribution is -2.07. The molecule has 29 heavy (non-hydrogen) atoms. The van der Waals surface area contributed by atoms with Crippen molar-refractivity contribution in [2.24, 2.45) is 0 Å². The Morgan fingerprint density at radius 3 is 2.66 bits per heavy atom. The highest BCUT2D eigenvalue weighted by Gasteiger charge is 2.13. The van der Waals surface area contributed by atoms with Crippen LogP contribution in [0, 0.1) is 5.41 Å². The summed E-state index contributed by atoms with van der Waals surface area (Å²) in [5.41, 5.74) is 2.13. The van der Waals surface area contributed by atoms with Gasteiger partial charge in [-0.2, -0.15) is 4.98 Å². The van der Waals surface area contributed by atoms with E-state index in [1.807, 2.05) is 31.2 Å². The van der Waals surface area contributed by atoms with Crippen LogP contribution in [0.5, 0.6) is 11.6 Å². The Bertz CT molecular complexity index is 1000. The summed E-state index contributed by atoms with van der Waals surface area (Å²) in [4.78, 5) is 13.3.